The van der Waals surface area contributed by atoms with E-state index < -0.39 is 67.4 Å². The zero-order chi connectivity index (χ0) is 31.7. The quantitative estimate of drug-likeness (QED) is 0.0627. The van der Waals surface area contributed by atoms with Crippen molar-refractivity contribution in [2.24, 2.45) is 10.2 Å². The molecule has 2 rings (SSSR count). The van der Waals surface area contributed by atoms with Crippen LogP contribution in [-0.4, -0.2) is 121 Å². The lowest BCUT2D eigenvalue weighted by molar-refractivity contribution is -0.118. The molecule has 0 saturated heterocycles. The summed E-state index contributed by atoms with van der Waals surface area (Å²) in [6.45, 7) is 2.68. The highest BCUT2D eigenvalue weighted by molar-refractivity contribution is 5.44. The van der Waals surface area contributed by atoms with E-state index in [9.17, 15) is 24.9 Å². The number of hydrogen-bond acceptors (Lipinski definition) is 14. The van der Waals surface area contributed by atoms with Crippen LogP contribution < -0.4 is 10.6 Å². The number of azide groups is 2. The van der Waals surface area contributed by atoms with E-state index in [1.807, 2.05) is 0 Å². The summed E-state index contributed by atoms with van der Waals surface area (Å²) in [5.74, 6) is 4.02. The number of nitrogens with one attached hydrogen (secondary N) is 2. The summed E-state index contributed by atoms with van der Waals surface area (Å²) >= 11 is 0. The molecule has 0 fully saturated rings. The normalized spacial score (nSPS) is 27.2. The van der Waals surface area contributed by atoms with Crippen molar-refractivity contribution in [3.8, 4) is 0 Å². The minimum absolute atomic E-state index is 0.0911. The van der Waals surface area contributed by atoms with Gasteiger partial charge in [0.25, 0.3) is 0 Å². The fourth-order valence-electron chi connectivity index (χ4n) is 4.36. The number of methoxy groups -OCH3 is 2. The molecule has 10 atom stereocenters. The lowest BCUT2D eigenvalue weighted by atomic mass is 9.92. The molecule has 2 heterocycles. The first-order valence-electron chi connectivity index (χ1n) is 12.5. The van der Waals surface area contributed by atoms with Crippen LogP contribution in [0.2, 0.25) is 0 Å². The Balaban J connectivity index is 0.000000420. The number of rotatable bonds is 14. The van der Waals surface area contributed by atoms with Gasteiger partial charge in [0.1, 0.15) is 48.5 Å². The van der Waals surface area contributed by atoms with E-state index in [0.717, 1.165) is 12.4 Å². The molecule has 8 unspecified atom stereocenters. The van der Waals surface area contributed by atoms with Gasteiger partial charge in [-0.3, -0.25) is 0 Å². The molecule has 18 heteroatoms. The summed E-state index contributed by atoms with van der Waals surface area (Å²) in [4.78, 5) is 26.2. The summed E-state index contributed by atoms with van der Waals surface area (Å²) in [6.07, 6.45) is -1.12. The molecule has 2 aliphatic heterocycles. The third kappa shape index (κ3) is 10.4. The number of ether oxygens (including phenoxy) is 4. The Bertz CT molecular complexity index is 1110. The zero-order valence-corrected chi connectivity index (χ0v) is 23.4. The maximum atomic E-state index is 10.4. The van der Waals surface area contributed by atoms with Crippen molar-refractivity contribution in [1.29, 1.82) is 0 Å². The number of carbonyl (C=O) groups excluding carboxylic acids is 2. The first-order chi connectivity index (χ1) is 20.1. The van der Waals surface area contributed by atoms with Crippen LogP contribution in [0.3, 0.4) is 0 Å². The van der Waals surface area contributed by atoms with Gasteiger partial charge in [-0.05, 0) is 37.1 Å². The standard InChI is InChI=1S/2C12H18N4O5/c1-7-5-8(15-16-13)10(14-3-4-17)12(21-7)11(19)9(18)6-20-2;1-7-5-8(15-16-13)10(14-3-4-17)12(21-7)11(20-2)9(19)6-18/h2*3,5,8-12,14,18-19H,6H2,1-2H3/t2*8?,9?,10?,11?,12-/m11/s1. The van der Waals surface area contributed by atoms with Gasteiger partial charge in [0.2, 0.25) is 0 Å². The summed E-state index contributed by atoms with van der Waals surface area (Å²) in [6, 6.07) is -2.73. The molecule has 6 N–H and O–H groups in total. The molecule has 0 bridgehead atoms. The Kier molecular flexibility index (Phi) is 16.4. The van der Waals surface area contributed by atoms with Crippen LogP contribution in [-0.2, 0) is 28.5 Å². The maximum absolute atomic E-state index is 10.4. The Morgan fingerprint density at radius 3 is 1.83 bits per heavy atom. The Labute approximate surface area is 241 Å². The number of nitrogens with zero attached hydrogens (tertiary/aromatic N) is 6. The van der Waals surface area contributed by atoms with Crippen LogP contribution in [0, 0.1) is 0 Å². The van der Waals surface area contributed by atoms with E-state index in [0.29, 0.717) is 11.5 Å². The van der Waals surface area contributed by atoms with Crippen molar-refractivity contribution in [2.45, 2.75) is 74.6 Å². The first kappa shape index (κ1) is 36.0. The Morgan fingerprint density at radius 1 is 0.952 bits per heavy atom. The molecule has 0 aromatic rings. The van der Waals surface area contributed by atoms with Gasteiger partial charge >= 0.3 is 0 Å². The van der Waals surface area contributed by atoms with Gasteiger partial charge in [0.05, 0.1) is 61.3 Å². The predicted octanol–water partition coefficient (Wildman–Crippen LogP) is -0.721. The van der Waals surface area contributed by atoms with Gasteiger partial charge in [0.15, 0.2) is 0 Å². The van der Waals surface area contributed by atoms with Crippen molar-refractivity contribution in [3.05, 3.63) is 57.0 Å². The fourth-order valence-corrected chi connectivity index (χ4v) is 4.36. The smallest absolute Gasteiger partial charge is 0.147 e. The average Bonchev–Trinajstić information content (AvgIpc) is 2.96. The molecule has 0 aromatic carbocycles. The van der Waals surface area contributed by atoms with Gasteiger partial charge in [0, 0.05) is 24.0 Å². The van der Waals surface area contributed by atoms with Crippen LogP contribution in [0.5, 0.6) is 0 Å². The summed E-state index contributed by atoms with van der Waals surface area (Å²) in [5.41, 5.74) is 17.2. The summed E-state index contributed by atoms with van der Waals surface area (Å²) in [7, 11) is 2.74. The molecule has 0 radical (unpaired) electrons. The molecule has 0 spiro atoms. The second-order valence-corrected chi connectivity index (χ2v) is 8.98. The number of allylic oxidation sites excluding steroid dienone is 2. The molecule has 0 amide bonds. The minimum atomic E-state index is -1.30. The van der Waals surface area contributed by atoms with E-state index in [1.165, 1.54) is 20.2 Å². The largest absolute Gasteiger partial charge is 0.490 e. The molecule has 232 valence electrons. The molecule has 2 aliphatic rings. The molecule has 0 aliphatic carbocycles. The van der Waals surface area contributed by atoms with E-state index in [1.54, 1.807) is 31.9 Å². The lowest BCUT2D eigenvalue weighted by Gasteiger charge is -2.39. The Hall–Kier alpha value is -4.04. The molecular weight excluding hydrogens is 560 g/mol. The second-order valence-electron chi connectivity index (χ2n) is 8.98. The third-order valence-corrected chi connectivity index (χ3v) is 6.17. The molecule has 18 nitrogen and oxygen atoms in total. The van der Waals surface area contributed by atoms with Crippen molar-refractivity contribution < 1.29 is 49.0 Å². The lowest BCUT2D eigenvalue weighted by Crippen LogP contribution is -2.57. The van der Waals surface area contributed by atoms with E-state index in [2.05, 4.69) is 30.7 Å². The monoisotopic (exact) mass is 596 g/mol. The molecule has 0 saturated carbocycles. The highest BCUT2D eigenvalue weighted by Crippen LogP contribution is 2.26. The van der Waals surface area contributed by atoms with Crippen LogP contribution >= 0.6 is 0 Å². The van der Waals surface area contributed by atoms with Crippen LogP contribution in [0.4, 0.5) is 0 Å². The fraction of sp³-hybridized carbons (Fsp3) is 0.667. The average molecular weight is 597 g/mol. The maximum Gasteiger partial charge on any atom is 0.147 e. The van der Waals surface area contributed by atoms with Gasteiger partial charge in [-0.2, -0.15) is 0 Å². The van der Waals surface area contributed by atoms with Crippen molar-refractivity contribution in [2.75, 3.05) is 27.4 Å². The number of aliphatic hydroxyl groups excluding tert-OH is 4. The molecule has 42 heavy (non-hydrogen) atoms. The highest BCUT2D eigenvalue weighted by Gasteiger charge is 2.42. The van der Waals surface area contributed by atoms with Crippen LogP contribution in [0.1, 0.15) is 13.8 Å². The van der Waals surface area contributed by atoms with Gasteiger partial charge in [-0.25, -0.2) is 9.59 Å². The van der Waals surface area contributed by atoms with E-state index in [4.69, 9.17) is 35.1 Å². The SMILES string of the molecule is COC(C(O)CO)[C@@H]1OC(C)=CC(N=[N+]=[N-])C1NC=C=O.COCC(O)C(O)[C@@H]1OC(C)=CC(N=[N+]=[N-])C1NC=C=O. The number of aliphatic hydroxyl groups is 4. The second kappa shape index (κ2) is 19.1. The predicted molar refractivity (Wildman–Crippen MR) is 145 cm³/mol. The van der Waals surface area contributed by atoms with Crippen molar-refractivity contribution in [1.82, 2.24) is 10.6 Å². The van der Waals surface area contributed by atoms with Gasteiger partial charge < -0.3 is 50.0 Å². The third-order valence-electron chi connectivity index (χ3n) is 6.17. The van der Waals surface area contributed by atoms with Crippen molar-refractivity contribution >= 4 is 11.9 Å². The highest BCUT2D eigenvalue weighted by atomic mass is 16.5. The molecular formula is C24H36N8O10. The topological polar surface area (TPSA) is 274 Å². The molecule has 0 aromatic heterocycles. The first-order valence-corrected chi connectivity index (χ1v) is 12.5. The Morgan fingerprint density at radius 2 is 1.43 bits per heavy atom. The number of hydrogen-bond donors (Lipinski definition) is 6. The van der Waals surface area contributed by atoms with E-state index >= 15 is 0 Å². The van der Waals surface area contributed by atoms with Crippen molar-refractivity contribution in [3.63, 3.8) is 0 Å². The summed E-state index contributed by atoms with van der Waals surface area (Å²) < 4.78 is 21.1. The van der Waals surface area contributed by atoms with E-state index in [-0.39, 0.29) is 6.61 Å². The zero-order valence-electron chi connectivity index (χ0n) is 23.4. The van der Waals surface area contributed by atoms with Gasteiger partial charge in [-0.15, -0.1) is 0 Å². The summed E-state index contributed by atoms with van der Waals surface area (Å²) in [5, 5.41) is 51.5. The van der Waals surface area contributed by atoms with Crippen LogP contribution in [0.15, 0.2) is 46.3 Å². The minimum Gasteiger partial charge on any atom is -0.490 e. The van der Waals surface area contributed by atoms with Crippen LogP contribution in [0.25, 0.3) is 20.9 Å². The van der Waals surface area contributed by atoms with Gasteiger partial charge in [-0.1, -0.05) is 10.2 Å².